The smallest absolute Gasteiger partial charge is 0.214 e. The molecule has 0 saturated heterocycles. The van der Waals surface area contributed by atoms with Gasteiger partial charge in [-0.1, -0.05) is 11.6 Å². The average molecular weight is 285 g/mol. The third-order valence-electron chi connectivity index (χ3n) is 2.31. The fourth-order valence-corrected chi connectivity index (χ4v) is 1.87. The lowest BCUT2D eigenvalue weighted by Crippen LogP contribution is -2.14. The molecule has 0 aliphatic carbocycles. The Bertz CT molecular complexity index is 580. The van der Waals surface area contributed by atoms with Crippen LogP contribution in [-0.2, 0) is 6.54 Å². The number of rotatable bonds is 5. The Hall–Kier alpha value is -1.53. The third-order valence-corrected chi connectivity index (χ3v) is 2.84. The first kappa shape index (κ1) is 12.9. The number of nitrogens with zero attached hydrogens (tertiary/aromatic N) is 2. The Morgan fingerprint density at radius 2 is 2.39 bits per heavy atom. The van der Waals surface area contributed by atoms with Crippen molar-refractivity contribution < 1.29 is 4.74 Å². The normalized spacial score (nSPS) is 10.3. The van der Waals surface area contributed by atoms with E-state index in [1.165, 1.54) is 0 Å². The highest BCUT2D eigenvalue weighted by Crippen LogP contribution is 2.23. The summed E-state index contributed by atoms with van der Waals surface area (Å²) in [6, 6.07) is 5.53. The summed E-state index contributed by atoms with van der Waals surface area (Å²) in [5, 5.41) is 7.16. The molecule has 0 aliphatic rings. The van der Waals surface area contributed by atoms with E-state index in [1.807, 2.05) is 19.1 Å². The van der Waals surface area contributed by atoms with Crippen molar-refractivity contribution in [2.45, 2.75) is 13.5 Å². The molecule has 0 atom stereocenters. The van der Waals surface area contributed by atoms with Gasteiger partial charge in [-0.15, -0.1) is 0 Å². The average Bonchev–Trinajstić information content (AvgIpc) is 2.75. The summed E-state index contributed by atoms with van der Waals surface area (Å²) >= 11 is 11.0. The van der Waals surface area contributed by atoms with Crippen LogP contribution < -0.4 is 10.2 Å². The lowest BCUT2D eigenvalue weighted by molar-refractivity contribution is 0.336. The van der Waals surface area contributed by atoms with Crippen molar-refractivity contribution >= 4 is 23.8 Å². The summed E-state index contributed by atoms with van der Waals surface area (Å²) in [6.07, 6.45) is 1.58. The second-order valence-corrected chi connectivity index (χ2v) is 4.37. The van der Waals surface area contributed by atoms with Crippen molar-refractivity contribution in [1.82, 2.24) is 14.9 Å². The van der Waals surface area contributed by atoms with E-state index >= 15 is 0 Å². The van der Waals surface area contributed by atoms with Crippen LogP contribution in [-0.4, -0.2) is 21.5 Å². The van der Waals surface area contributed by atoms with E-state index in [0.717, 1.165) is 11.3 Å². The molecule has 0 radical (unpaired) electrons. The summed E-state index contributed by atoms with van der Waals surface area (Å²) in [7, 11) is 0. The molecule has 2 rings (SSSR count). The number of halogens is 1. The monoisotopic (exact) mass is 284 g/mol. The number of nitrogens with one attached hydrogen (secondary N) is 2. The van der Waals surface area contributed by atoms with E-state index in [2.05, 4.69) is 15.6 Å². The number of benzene rings is 1. The predicted molar refractivity (Wildman–Crippen MR) is 73.1 cm³/mol. The zero-order valence-electron chi connectivity index (χ0n) is 9.81. The molecular weight excluding hydrogens is 272 g/mol. The first-order chi connectivity index (χ1) is 8.70. The van der Waals surface area contributed by atoms with Crippen LogP contribution in [0.15, 0.2) is 24.5 Å². The van der Waals surface area contributed by atoms with Gasteiger partial charge in [0.25, 0.3) is 0 Å². The Labute approximate surface area is 115 Å². The lowest BCUT2D eigenvalue weighted by Gasteiger charge is -2.12. The molecule has 2 N–H and O–H groups in total. The van der Waals surface area contributed by atoms with Crippen molar-refractivity contribution in [3.05, 3.63) is 39.9 Å². The summed E-state index contributed by atoms with van der Waals surface area (Å²) < 4.78 is 7.67. The number of aromatic nitrogens is 3. The van der Waals surface area contributed by atoms with Gasteiger partial charge in [0, 0.05) is 10.6 Å². The van der Waals surface area contributed by atoms with Gasteiger partial charge in [0.05, 0.1) is 13.2 Å². The second kappa shape index (κ2) is 5.88. The number of aromatic amines is 1. The van der Waals surface area contributed by atoms with Crippen LogP contribution in [0.25, 0.3) is 0 Å². The summed E-state index contributed by atoms with van der Waals surface area (Å²) in [4.78, 5) is 0. The molecule has 0 spiro atoms. The second-order valence-electron chi connectivity index (χ2n) is 3.55. The molecule has 5 nitrogen and oxygen atoms in total. The van der Waals surface area contributed by atoms with E-state index < -0.39 is 0 Å². The lowest BCUT2D eigenvalue weighted by atomic mass is 10.2. The maximum Gasteiger partial charge on any atom is 0.214 e. The molecule has 96 valence electrons. The maximum atomic E-state index is 5.98. The zero-order chi connectivity index (χ0) is 13.0. The van der Waals surface area contributed by atoms with Crippen LogP contribution in [0.5, 0.6) is 5.75 Å². The Kier molecular flexibility index (Phi) is 4.22. The highest BCUT2D eigenvalue weighted by atomic mass is 35.5. The third kappa shape index (κ3) is 3.02. The van der Waals surface area contributed by atoms with Crippen LogP contribution in [0.3, 0.4) is 0 Å². The first-order valence-electron chi connectivity index (χ1n) is 5.48. The van der Waals surface area contributed by atoms with Crippen LogP contribution in [0.4, 0.5) is 0 Å². The van der Waals surface area contributed by atoms with Crippen molar-refractivity contribution in [2.24, 2.45) is 0 Å². The SMILES string of the molecule is CCOc1ccc(Cl)cc1CNn1cn[nH]c1=S. The van der Waals surface area contributed by atoms with E-state index in [1.54, 1.807) is 17.1 Å². The Balaban J connectivity index is 2.15. The first-order valence-corrected chi connectivity index (χ1v) is 6.26. The Morgan fingerprint density at radius 3 is 3.06 bits per heavy atom. The standard InChI is InChI=1S/C11H13ClN4OS/c1-2-17-10-4-3-9(12)5-8(10)6-14-16-7-13-15-11(16)18/h3-5,7,14H,2,6H2,1H3,(H,15,18). The number of hydrogen-bond acceptors (Lipinski definition) is 4. The molecule has 0 aliphatic heterocycles. The molecule has 0 saturated carbocycles. The minimum Gasteiger partial charge on any atom is -0.494 e. The van der Waals surface area contributed by atoms with Crippen LogP contribution in [0, 0.1) is 4.77 Å². The van der Waals surface area contributed by atoms with Gasteiger partial charge in [0.2, 0.25) is 4.77 Å². The van der Waals surface area contributed by atoms with Gasteiger partial charge < -0.3 is 10.2 Å². The highest BCUT2D eigenvalue weighted by Gasteiger charge is 2.04. The number of H-pyrrole nitrogens is 1. The van der Waals surface area contributed by atoms with Gasteiger partial charge in [-0.25, -0.2) is 4.68 Å². The zero-order valence-corrected chi connectivity index (χ0v) is 11.4. The van der Waals surface area contributed by atoms with Gasteiger partial charge in [0.15, 0.2) is 0 Å². The van der Waals surface area contributed by atoms with Crippen LogP contribution in [0.2, 0.25) is 5.02 Å². The molecule has 1 aromatic heterocycles. The van der Waals surface area contributed by atoms with Gasteiger partial charge in [-0.05, 0) is 37.3 Å². The van der Waals surface area contributed by atoms with E-state index in [-0.39, 0.29) is 0 Å². The molecule has 18 heavy (non-hydrogen) atoms. The predicted octanol–water partition coefficient (Wildman–Crippen LogP) is 2.74. The molecule has 7 heteroatoms. The molecule has 1 aromatic carbocycles. The van der Waals surface area contributed by atoms with Crippen LogP contribution >= 0.6 is 23.8 Å². The van der Waals surface area contributed by atoms with Crippen molar-refractivity contribution in [1.29, 1.82) is 0 Å². The van der Waals surface area contributed by atoms with Crippen LogP contribution in [0.1, 0.15) is 12.5 Å². The molecule has 0 bridgehead atoms. The van der Waals surface area contributed by atoms with Gasteiger partial charge in [-0.2, -0.15) is 5.10 Å². The highest BCUT2D eigenvalue weighted by molar-refractivity contribution is 7.71. The van der Waals surface area contributed by atoms with Gasteiger partial charge in [0.1, 0.15) is 12.1 Å². The van der Waals surface area contributed by atoms with E-state index in [4.69, 9.17) is 28.6 Å². The maximum absolute atomic E-state index is 5.98. The quantitative estimate of drug-likeness (QED) is 0.829. The molecule has 0 amide bonds. The van der Waals surface area contributed by atoms with Gasteiger partial charge in [-0.3, -0.25) is 5.10 Å². The minimum absolute atomic E-state index is 0.509. The van der Waals surface area contributed by atoms with Crippen molar-refractivity contribution in [2.75, 3.05) is 12.0 Å². The van der Waals surface area contributed by atoms with E-state index in [0.29, 0.717) is 22.9 Å². The fraction of sp³-hybridized carbons (Fsp3) is 0.273. The van der Waals surface area contributed by atoms with E-state index in [9.17, 15) is 0 Å². The fourth-order valence-electron chi connectivity index (χ4n) is 1.51. The number of hydrogen-bond donors (Lipinski definition) is 2. The number of ether oxygens (including phenoxy) is 1. The van der Waals surface area contributed by atoms with Crippen molar-refractivity contribution in [3.8, 4) is 5.75 Å². The molecule has 1 heterocycles. The largest absolute Gasteiger partial charge is 0.494 e. The Morgan fingerprint density at radius 1 is 1.56 bits per heavy atom. The summed E-state index contributed by atoms with van der Waals surface area (Å²) in [5.74, 6) is 0.810. The topological polar surface area (TPSA) is 54.9 Å². The summed E-state index contributed by atoms with van der Waals surface area (Å²) in [5.41, 5.74) is 4.08. The van der Waals surface area contributed by atoms with Gasteiger partial charge >= 0.3 is 0 Å². The molecule has 2 aromatic rings. The molecule has 0 fully saturated rings. The van der Waals surface area contributed by atoms with Crippen molar-refractivity contribution in [3.63, 3.8) is 0 Å². The molecular formula is C11H13ClN4OS. The molecule has 0 unspecified atom stereocenters. The minimum atomic E-state index is 0.509. The summed E-state index contributed by atoms with van der Waals surface area (Å²) in [6.45, 7) is 3.10.